The SMILES string of the molecule is O=C(COC(=O)c1cc(-c2ccc(Br)cc2)n[nH]1)Nc1ccc(Cl)cn1. The van der Waals surface area contributed by atoms with Crippen LogP contribution in [-0.4, -0.2) is 33.7 Å². The van der Waals surface area contributed by atoms with Gasteiger partial charge in [0.05, 0.1) is 10.7 Å². The summed E-state index contributed by atoms with van der Waals surface area (Å²) >= 11 is 9.07. The lowest BCUT2D eigenvalue weighted by atomic mass is 10.1. The number of hydrogen-bond acceptors (Lipinski definition) is 5. The van der Waals surface area contributed by atoms with Crippen LogP contribution in [-0.2, 0) is 9.53 Å². The molecular formula is C17H12BrClN4O3. The van der Waals surface area contributed by atoms with Crippen LogP contribution in [0.2, 0.25) is 5.02 Å². The van der Waals surface area contributed by atoms with Gasteiger partial charge in [-0.05, 0) is 30.3 Å². The van der Waals surface area contributed by atoms with Crippen LogP contribution in [0.1, 0.15) is 10.5 Å². The first-order valence-electron chi connectivity index (χ1n) is 7.41. The Labute approximate surface area is 161 Å². The van der Waals surface area contributed by atoms with E-state index < -0.39 is 18.5 Å². The van der Waals surface area contributed by atoms with Crippen LogP contribution in [0, 0.1) is 0 Å². The van der Waals surface area contributed by atoms with Crippen molar-refractivity contribution in [3.8, 4) is 11.3 Å². The summed E-state index contributed by atoms with van der Waals surface area (Å²) in [5.74, 6) is -0.879. The van der Waals surface area contributed by atoms with Crippen LogP contribution in [0.15, 0.2) is 53.1 Å². The number of esters is 1. The molecule has 7 nitrogen and oxygen atoms in total. The number of aromatic nitrogens is 3. The third kappa shape index (κ3) is 4.68. The molecule has 2 aromatic heterocycles. The lowest BCUT2D eigenvalue weighted by Gasteiger charge is -2.05. The summed E-state index contributed by atoms with van der Waals surface area (Å²) in [4.78, 5) is 27.8. The first kappa shape index (κ1) is 18.1. The molecule has 26 heavy (non-hydrogen) atoms. The van der Waals surface area contributed by atoms with Crippen molar-refractivity contribution in [2.24, 2.45) is 0 Å². The number of anilines is 1. The minimum Gasteiger partial charge on any atom is -0.451 e. The number of amides is 1. The fraction of sp³-hybridized carbons (Fsp3) is 0.0588. The molecule has 0 radical (unpaired) electrons. The summed E-state index contributed by atoms with van der Waals surface area (Å²) in [7, 11) is 0. The van der Waals surface area contributed by atoms with E-state index in [9.17, 15) is 9.59 Å². The average Bonchev–Trinajstić information content (AvgIpc) is 3.12. The molecule has 0 fully saturated rings. The van der Waals surface area contributed by atoms with E-state index in [4.69, 9.17) is 16.3 Å². The predicted molar refractivity (Wildman–Crippen MR) is 99.9 cm³/mol. The first-order chi connectivity index (χ1) is 12.5. The Morgan fingerprint density at radius 2 is 1.96 bits per heavy atom. The van der Waals surface area contributed by atoms with Gasteiger partial charge < -0.3 is 10.1 Å². The van der Waals surface area contributed by atoms with Crippen molar-refractivity contribution in [2.45, 2.75) is 0 Å². The number of nitrogens with zero attached hydrogens (tertiary/aromatic N) is 2. The van der Waals surface area contributed by atoms with Gasteiger partial charge in [-0.25, -0.2) is 9.78 Å². The number of rotatable bonds is 5. The van der Waals surface area contributed by atoms with E-state index in [2.05, 4.69) is 36.4 Å². The molecule has 0 unspecified atom stereocenters. The van der Waals surface area contributed by atoms with E-state index in [1.165, 1.54) is 6.20 Å². The van der Waals surface area contributed by atoms with Gasteiger partial charge in [-0.3, -0.25) is 9.89 Å². The van der Waals surface area contributed by atoms with Gasteiger partial charge in [-0.2, -0.15) is 5.10 Å². The van der Waals surface area contributed by atoms with Gasteiger partial charge in [0.2, 0.25) is 0 Å². The minimum atomic E-state index is -0.680. The number of hydrogen-bond donors (Lipinski definition) is 2. The highest BCUT2D eigenvalue weighted by atomic mass is 79.9. The maximum atomic E-state index is 12.0. The molecule has 0 saturated carbocycles. The smallest absolute Gasteiger partial charge is 0.356 e. The minimum absolute atomic E-state index is 0.153. The molecule has 0 atom stereocenters. The highest BCUT2D eigenvalue weighted by molar-refractivity contribution is 9.10. The largest absolute Gasteiger partial charge is 0.451 e. The van der Waals surface area contributed by atoms with Crippen LogP contribution >= 0.6 is 27.5 Å². The first-order valence-corrected chi connectivity index (χ1v) is 8.58. The Morgan fingerprint density at radius 1 is 1.19 bits per heavy atom. The predicted octanol–water partition coefficient (Wildman–Crippen LogP) is 3.68. The van der Waals surface area contributed by atoms with Crippen molar-refractivity contribution in [3.05, 3.63) is 63.9 Å². The summed E-state index contributed by atoms with van der Waals surface area (Å²) in [5.41, 5.74) is 1.59. The van der Waals surface area contributed by atoms with Crippen LogP contribution in [0.5, 0.6) is 0 Å². The van der Waals surface area contributed by atoms with Gasteiger partial charge in [0.1, 0.15) is 11.5 Å². The summed E-state index contributed by atoms with van der Waals surface area (Å²) in [6.45, 7) is -0.449. The number of aromatic amines is 1. The molecule has 2 N–H and O–H groups in total. The maximum Gasteiger partial charge on any atom is 0.356 e. The van der Waals surface area contributed by atoms with Crippen LogP contribution in [0.25, 0.3) is 11.3 Å². The molecule has 0 aliphatic carbocycles. The Bertz CT molecular complexity index is 926. The topological polar surface area (TPSA) is 97.0 Å². The van der Waals surface area contributed by atoms with Gasteiger partial charge in [-0.1, -0.05) is 39.7 Å². The summed E-state index contributed by atoms with van der Waals surface area (Å²) in [6, 6.07) is 12.2. The zero-order chi connectivity index (χ0) is 18.5. The van der Waals surface area contributed by atoms with Crippen molar-refractivity contribution < 1.29 is 14.3 Å². The highest BCUT2D eigenvalue weighted by Crippen LogP contribution is 2.20. The third-order valence-electron chi connectivity index (χ3n) is 3.27. The number of benzene rings is 1. The quantitative estimate of drug-likeness (QED) is 0.596. The second-order valence-electron chi connectivity index (χ2n) is 5.16. The Morgan fingerprint density at radius 3 is 2.65 bits per heavy atom. The van der Waals surface area contributed by atoms with E-state index >= 15 is 0 Å². The van der Waals surface area contributed by atoms with E-state index in [0.29, 0.717) is 16.5 Å². The third-order valence-corrected chi connectivity index (χ3v) is 4.02. The zero-order valence-electron chi connectivity index (χ0n) is 13.2. The van der Waals surface area contributed by atoms with Crippen LogP contribution in [0.3, 0.4) is 0 Å². The Kier molecular flexibility index (Phi) is 5.65. The molecule has 9 heteroatoms. The van der Waals surface area contributed by atoms with Gasteiger partial charge in [-0.15, -0.1) is 0 Å². The average molecular weight is 436 g/mol. The molecule has 0 spiro atoms. The monoisotopic (exact) mass is 434 g/mol. The number of ether oxygens (including phenoxy) is 1. The number of nitrogens with one attached hydrogen (secondary N) is 2. The molecule has 0 bridgehead atoms. The second-order valence-corrected chi connectivity index (χ2v) is 6.51. The molecule has 3 rings (SSSR count). The molecule has 3 aromatic rings. The molecule has 0 aliphatic rings. The fourth-order valence-electron chi connectivity index (χ4n) is 2.03. The van der Waals surface area contributed by atoms with Gasteiger partial charge >= 0.3 is 5.97 Å². The number of pyridine rings is 1. The second kappa shape index (κ2) is 8.11. The fourth-order valence-corrected chi connectivity index (χ4v) is 2.41. The molecule has 1 amide bonds. The van der Waals surface area contributed by atoms with Gasteiger partial charge in [0.15, 0.2) is 6.61 Å². The van der Waals surface area contributed by atoms with Crippen molar-refractivity contribution in [1.29, 1.82) is 0 Å². The van der Waals surface area contributed by atoms with E-state index in [-0.39, 0.29) is 5.69 Å². The number of carbonyl (C=O) groups is 2. The highest BCUT2D eigenvalue weighted by Gasteiger charge is 2.14. The molecular weight excluding hydrogens is 424 g/mol. The van der Waals surface area contributed by atoms with E-state index in [0.717, 1.165) is 10.0 Å². The molecule has 1 aromatic carbocycles. The lowest BCUT2D eigenvalue weighted by Crippen LogP contribution is -2.21. The van der Waals surface area contributed by atoms with Gasteiger partial charge in [0, 0.05) is 16.2 Å². The maximum absolute atomic E-state index is 12.0. The molecule has 2 heterocycles. The van der Waals surface area contributed by atoms with Crippen molar-refractivity contribution in [2.75, 3.05) is 11.9 Å². The normalized spacial score (nSPS) is 10.4. The van der Waals surface area contributed by atoms with Gasteiger partial charge in [0.25, 0.3) is 5.91 Å². The molecule has 0 saturated heterocycles. The van der Waals surface area contributed by atoms with Crippen molar-refractivity contribution in [1.82, 2.24) is 15.2 Å². The van der Waals surface area contributed by atoms with Crippen molar-refractivity contribution >= 4 is 45.2 Å². The number of halogens is 2. The van der Waals surface area contributed by atoms with E-state index in [1.807, 2.05) is 24.3 Å². The zero-order valence-corrected chi connectivity index (χ0v) is 15.5. The van der Waals surface area contributed by atoms with Crippen LogP contribution < -0.4 is 5.32 Å². The van der Waals surface area contributed by atoms with E-state index in [1.54, 1.807) is 18.2 Å². The summed E-state index contributed by atoms with van der Waals surface area (Å²) < 4.78 is 5.91. The van der Waals surface area contributed by atoms with Crippen molar-refractivity contribution in [3.63, 3.8) is 0 Å². The Balaban J connectivity index is 1.55. The number of H-pyrrole nitrogens is 1. The molecule has 0 aliphatic heterocycles. The summed E-state index contributed by atoms with van der Waals surface area (Å²) in [6.07, 6.45) is 1.40. The van der Waals surface area contributed by atoms with Crippen LogP contribution in [0.4, 0.5) is 5.82 Å². The standard InChI is InChI=1S/C17H12BrClN4O3/c18-11-3-1-10(2-4-11)13-7-14(23-22-13)17(25)26-9-16(24)21-15-6-5-12(19)8-20-15/h1-8H,9H2,(H,22,23)(H,20,21,24). The Hall–Kier alpha value is -2.71. The lowest BCUT2D eigenvalue weighted by molar-refractivity contribution is -0.119. The summed E-state index contributed by atoms with van der Waals surface area (Å²) in [5, 5.41) is 9.63. The molecule has 132 valence electrons. The number of carbonyl (C=O) groups excluding carboxylic acids is 2.